The molecule has 0 unspecified atom stereocenters. The third-order valence-electron chi connectivity index (χ3n) is 4.45. The Labute approximate surface area is 158 Å². The minimum atomic E-state index is -0.421. The van der Waals surface area contributed by atoms with E-state index in [2.05, 4.69) is 13.8 Å². The minimum Gasteiger partial charge on any atom is -0.431 e. The molecule has 0 aromatic rings. The largest absolute Gasteiger partial charge is 0.431 e. The van der Waals surface area contributed by atoms with Crippen LogP contribution in [0.15, 0.2) is 35.8 Å². The molecule has 1 aliphatic carbocycles. The highest BCUT2D eigenvalue weighted by molar-refractivity contribution is 6.01. The molecule has 4 heteroatoms. The first-order chi connectivity index (χ1) is 12.7. The number of allylic oxidation sites excluding steroid dienone is 2. The molecule has 0 amide bonds. The molecule has 1 aliphatic rings. The van der Waals surface area contributed by atoms with Gasteiger partial charge in [0.15, 0.2) is 0 Å². The number of carbonyl (C=O) groups is 2. The first-order valence-corrected chi connectivity index (χ1v) is 10.1. The van der Waals surface area contributed by atoms with Gasteiger partial charge >= 0.3 is 11.9 Å². The summed E-state index contributed by atoms with van der Waals surface area (Å²) in [6.07, 6.45) is 18.3. The topological polar surface area (TPSA) is 52.6 Å². The van der Waals surface area contributed by atoms with Crippen LogP contribution in [0.1, 0.15) is 90.9 Å². The predicted molar refractivity (Wildman–Crippen MR) is 104 cm³/mol. The summed E-state index contributed by atoms with van der Waals surface area (Å²) in [5.41, 5.74) is 0.942. The quantitative estimate of drug-likeness (QED) is 0.238. The summed E-state index contributed by atoms with van der Waals surface area (Å²) >= 11 is 0. The SMILES string of the molecule is CCCCC/C=C/OC(=O)C1=C(C(=O)O/C=C/CCCCC)CCCC1. The molecule has 0 fully saturated rings. The van der Waals surface area contributed by atoms with Crippen molar-refractivity contribution >= 4 is 11.9 Å². The standard InChI is InChI=1S/C22H34O4/c1-3-5-7-9-13-17-25-21(23)19-15-11-12-16-20(19)22(24)26-18-14-10-8-6-4-2/h13-14,17-18H,3-12,15-16H2,1-2H3/b17-13+,18-14+. The maximum Gasteiger partial charge on any atom is 0.339 e. The molecule has 146 valence electrons. The summed E-state index contributed by atoms with van der Waals surface area (Å²) in [6, 6.07) is 0. The third kappa shape index (κ3) is 9.02. The summed E-state index contributed by atoms with van der Waals surface area (Å²) in [5.74, 6) is -0.842. The van der Waals surface area contributed by atoms with E-state index in [1.54, 1.807) is 0 Å². The van der Waals surface area contributed by atoms with Gasteiger partial charge in [-0.05, 0) is 63.5 Å². The normalized spacial score (nSPS) is 15.0. The Morgan fingerprint density at radius 1 is 0.769 bits per heavy atom. The number of rotatable bonds is 12. The Morgan fingerprint density at radius 2 is 1.19 bits per heavy atom. The molecule has 0 saturated carbocycles. The van der Waals surface area contributed by atoms with Crippen LogP contribution < -0.4 is 0 Å². The van der Waals surface area contributed by atoms with Gasteiger partial charge in [0.1, 0.15) is 0 Å². The molecule has 0 spiro atoms. The van der Waals surface area contributed by atoms with Crippen molar-refractivity contribution in [3.05, 3.63) is 35.8 Å². The van der Waals surface area contributed by atoms with Crippen molar-refractivity contribution in [3.63, 3.8) is 0 Å². The monoisotopic (exact) mass is 362 g/mol. The van der Waals surface area contributed by atoms with Crippen LogP contribution in [0.4, 0.5) is 0 Å². The maximum atomic E-state index is 12.3. The van der Waals surface area contributed by atoms with Crippen LogP contribution in [0.3, 0.4) is 0 Å². The molecular formula is C22H34O4. The van der Waals surface area contributed by atoms with Crippen LogP contribution in [0.2, 0.25) is 0 Å². The fraction of sp³-hybridized carbons (Fsp3) is 0.636. The number of esters is 2. The van der Waals surface area contributed by atoms with E-state index in [1.807, 2.05) is 12.2 Å². The zero-order valence-electron chi connectivity index (χ0n) is 16.4. The summed E-state index contributed by atoms with van der Waals surface area (Å²) < 4.78 is 10.4. The number of unbranched alkanes of at least 4 members (excludes halogenated alkanes) is 6. The second kappa shape index (κ2) is 14.3. The van der Waals surface area contributed by atoms with Crippen molar-refractivity contribution < 1.29 is 19.1 Å². The Morgan fingerprint density at radius 3 is 1.58 bits per heavy atom. The Balaban J connectivity index is 2.54. The average molecular weight is 363 g/mol. The Kier molecular flexibility index (Phi) is 12.2. The van der Waals surface area contributed by atoms with Crippen LogP contribution >= 0.6 is 0 Å². The fourth-order valence-corrected chi connectivity index (χ4v) is 2.88. The number of hydrogen-bond acceptors (Lipinski definition) is 4. The second-order valence-corrected chi connectivity index (χ2v) is 6.71. The molecule has 0 radical (unpaired) electrons. The Hall–Kier alpha value is -1.84. The molecule has 0 heterocycles. The van der Waals surface area contributed by atoms with E-state index in [0.717, 1.165) is 38.5 Å². The van der Waals surface area contributed by atoms with Gasteiger partial charge in [-0.1, -0.05) is 39.5 Å². The summed E-state index contributed by atoms with van der Waals surface area (Å²) in [6.45, 7) is 4.31. The van der Waals surface area contributed by atoms with E-state index in [1.165, 1.54) is 38.2 Å². The second-order valence-electron chi connectivity index (χ2n) is 6.71. The van der Waals surface area contributed by atoms with E-state index in [9.17, 15) is 9.59 Å². The lowest BCUT2D eigenvalue weighted by Gasteiger charge is -2.16. The minimum absolute atomic E-state index is 0.421. The van der Waals surface area contributed by atoms with E-state index in [4.69, 9.17) is 9.47 Å². The number of hydrogen-bond donors (Lipinski definition) is 0. The van der Waals surface area contributed by atoms with Crippen molar-refractivity contribution in [1.29, 1.82) is 0 Å². The van der Waals surface area contributed by atoms with Crippen LogP contribution in [0.25, 0.3) is 0 Å². The molecule has 0 aliphatic heterocycles. The summed E-state index contributed by atoms with van der Waals surface area (Å²) in [7, 11) is 0. The molecule has 0 atom stereocenters. The lowest BCUT2D eigenvalue weighted by atomic mass is 9.92. The molecule has 4 nitrogen and oxygen atoms in total. The van der Waals surface area contributed by atoms with Gasteiger partial charge < -0.3 is 9.47 Å². The van der Waals surface area contributed by atoms with Crippen molar-refractivity contribution in [2.75, 3.05) is 0 Å². The highest BCUT2D eigenvalue weighted by Gasteiger charge is 2.25. The van der Waals surface area contributed by atoms with E-state index >= 15 is 0 Å². The van der Waals surface area contributed by atoms with Gasteiger partial charge in [-0.15, -0.1) is 0 Å². The first-order valence-electron chi connectivity index (χ1n) is 10.1. The van der Waals surface area contributed by atoms with E-state index < -0.39 is 11.9 Å². The smallest absolute Gasteiger partial charge is 0.339 e. The zero-order chi connectivity index (χ0) is 19.0. The van der Waals surface area contributed by atoms with Crippen LogP contribution in [0, 0.1) is 0 Å². The number of ether oxygens (including phenoxy) is 2. The summed E-state index contributed by atoms with van der Waals surface area (Å²) in [5, 5.41) is 0. The predicted octanol–water partition coefficient (Wildman–Crippen LogP) is 6.13. The van der Waals surface area contributed by atoms with Crippen molar-refractivity contribution in [3.8, 4) is 0 Å². The number of carbonyl (C=O) groups excluding carboxylic acids is 2. The fourth-order valence-electron chi connectivity index (χ4n) is 2.88. The van der Waals surface area contributed by atoms with Gasteiger partial charge in [0.2, 0.25) is 0 Å². The van der Waals surface area contributed by atoms with Gasteiger partial charge in [-0.2, -0.15) is 0 Å². The molecule has 0 aromatic carbocycles. The van der Waals surface area contributed by atoms with E-state index in [0.29, 0.717) is 24.0 Å². The average Bonchev–Trinajstić information content (AvgIpc) is 2.67. The molecule has 0 aromatic heterocycles. The highest BCUT2D eigenvalue weighted by Crippen LogP contribution is 2.27. The van der Waals surface area contributed by atoms with Crippen molar-refractivity contribution in [2.45, 2.75) is 90.9 Å². The lowest BCUT2D eigenvalue weighted by molar-refractivity contribution is -0.137. The van der Waals surface area contributed by atoms with Gasteiger partial charge in [-0.3, -0.25) is 0 Å². The molecule has 1 rings (SSSR count). The summed E-state index contributed by atoms with van der Waals surface area (Å²) in [4.78, 5) is 24.6. The van der Waals surface area contributed by atoms with Gasteiger partial charge in [0.25, 0.3) is 0 Å². The van der Waals surface area contributed by atoms with Crippen molar-refractivity contribution in [1.82, 2.24) is 0 Å². The first kappa shape index (κ1) is 22.2. The Bertz CT molecular complexity index is 468. The molecule has 26 heavy (non-hydrogen) atoms. The molecule has 0 N–H and O–H groups in total. The maximum absolute atomic E-state index is 12.3. The molecule has 0 saturated heterocycles. The van der Waals surface area contributed by atoms with Gasteiger partial charge in [0, 0.05) is 11.1 Å². The highest BCUT2D eigenvalue weighted by atomic mass is 16.5. The molecule has 0 bridgehead atoms. The van der Waals surface area contributed by atoms with Crippen molar-refractivity contribution in [2.24, 2.45) is 0 Å². The lowest BCUT2D eigenvalue weighted by Crippen LogP contribution is -2.17. The van der Waals surface area contributed by atoms with E-state index in [-0.39, 0.29) is 0 Å². The van der Waals surface area contributed by atoms with Gasteiger partial charge in [-0.25, -0.2) is 9.59 Å². The van der Waals surface area contributed by atoms with Crippen LogP contribution in [-0.4, -0.2) is 11.9 Å². The third-order valence-corrected chi connectivity index (χ3v) is 4.45. The zero-order valence-corrected chi connectivity index (χ0v) is 16.4. The van der Waals surface area contributed by atoms with Crippen LogP contribution in [-0.2, 0) is 19.1 Å². The van der Waals surface area contributed by atoms with Gasteiger partial charge in [0.05, 0.1) is 12.5 Å². The van der Waals surface area contributed by atoms with Crippen LogP contribution in [0.5, 0.6) is 0 Å². The molecular weight excluding hydrogens is 328 g/mol.